The summed E-state index contributed by atoms with van der Waals surface area (Å²) in [6.45, 7) is 1.42. The van der Waals surface area contributed by atoms with Crippen molar-refractivity contribution in [2.45, 2.75) is 0 Å². The van der Waals surface area contributed by atoms with Crippen LogP contribution in [0, 0.1) is 0 Å². The number of carbonyl (C=O) groups is 2. The van der Waals surface area contributed by atoms with Crippen molar-refractivity contribution in [1.82, 2.24) is 5.32 Å². The number of aliphatic hydroxyl groups excluding tert-OH is 2. The summed E-state index contributed by atoms with van der Waals surface area (Å²) in [4.78, 5) is 19.1. The molecule has 0 aromatic carbocycles. The molecule has 0 fully saturated rings. The third-order valence-corrected chi connectivity index (χ3v) is 0.946. The van der Waals surface area contributed by atoms with Gasteiger partial charge in [0.05, 0.1) is 13.2 Å². The van der Waals surface area contributed by atoms with Crippen LogP contribution in [-0.2, 0) is 9.59 Å². The standard InChI is InChI=1S/C4H11NO2.C4H4O4/c6-3-1-5-2-4-7;5-3(6)1-2-4(7)8/h5-7H,1-4H2;1-2H,(H,5,6)(H,7,8)/b;2-1-. The van der Waals surface area contributed by atoms with Gasteiger partial charge < -0.3 is 25.7 Å². The van der Waals surface area contributed by atoms with Crippen molar-refractivity contribution in [2.75, 3.05) is 26.3 Å². The van der Waals surface area contributed by atoms with Gasteiger partial charge in [-0.25, -0.2) is 9.59 Å². The van der Waals surface area contributed by atoms with E-state index in [4.69, 9.17) is 20.4 Å². The largest absolute Gasteiger partial charge is 0.478 e. The zero-order valence-corrected chi connectivity index (χ0v) is 8.09. The first-order valence-electron chi connectivity index (χ1n) is 4.11. The molecule has 0 atom stereocenters. The minimum absolute atomic E-state index is 0.139. The predicted octanol–water partition coefficient (Wildman–Crippen LogP) is -1.73. The lowest BCUT2D eigenvalue weighted by Crippen LogP contribution is -2.21. The minimum Gasteiger partial charge on any atom is -0.478 e. The van der Waals surface area contributed by atoms with Crippen LogP contribution < -0.4 is 5.32 Å². The van der Waals surface area contributed by atoms with Crippen LogP contribution in [-0.4, -0.2) is 58.7 Å². The second kappa shape index (κ2) is 12.6. The molecular weight excluding hydrogens is 206 g/mol. The van der Waals surface area contributed by atoms with Crippen LogP contribution in [0.5, 0.6) is 0 Å². The number of aliphatic carboxylic acids is 2. The summed E-state index contributed by atoms with van der Waals surface area (Å²) in [6, 6.07) is 0. The molecule has 7 nitrogen and oxygen atoms in total. The zero-order chi connectivity index (χ0) is 12.1. The second-order valence-corrected chi connectivity index (χ2v) is 2.21. The van der Waals surface area contributed by atoms with E-state index in [2.05, 4.69) is 5.32 Å². The molecule has 0 unspecified atom stereocenters. The van der Waals surface area contributed by atoms with Gasteiger partial charge in [0.1, 0.15) is 0 Å². The highest BCUT2D eigenvalue weighted by molar-refractivity contribution is 5.89. The summed E-state index contributed by atoms with van der Waals surface area (Å²) >= 11 is 0. The molecule has 0 heterocycles. The minimum atomic E-state index is -1.26. The molecular formula is C8H15NO6. The number of carboxylic acids is 2. The molecule has 0 bridgehead atoms. The number of carboxylic acid groups (broad SMARTS) is 2. The molecule has 0 aromatic heterocycles. The van der Waals surface area contributed by atoms with Crippen molar-refractivity contribution >= 4 is 11.9 Å². The van der Waals surface area contributed by atoms with Crippen molar-refractivity contribution in [3.05, 3.63) is 12.2 Å². The Labute approximate surface area is 86.7 Å². The fraction of sp³-hybridized carbons (Fsp3) is 0.500. The van der Waals surface area contributed by atoms with E-state index in [1.165, 1.54) is 0 Å². The smallest absolute Gasteiger partial charge is 0.328 e. The Morgan fingerprint density at radius 1 is 0.933 bits per heavy atom. The maximum atomic E-state index is 9.55. The molecule has 0 rings (SSSR count). The monoisotopic (exact) mass is 221 g/mol. The van der Waals surface area contributed by atoms with Crippen LogP contribution >= 0.6 is 0 Å². The van der Waals surface area contributed by atoms with E-state index >= 15 is 0 Å². The maximum absolute atomic E-state index is 9.55. The Hall–Kier alpha value is -1.44. The first-order valence-corrected chi connectivity index (χ1v) is 4.11. The summed E-state index contributed by atoms with van der Waals surface area (Å²) < 4.78 is 0. The van der Waals surface area contributed by atoms with Crippen molar-refractivity contribution in [2.24, 2.45) is 0 Å². The number of hydrogen-bond acceptors (Lipinski definition) is 5. The van der Waals surface area contributed by atoms with E-state index in [1.54, 1.807) is 0 Å². The molecule has 0 aliphatic rings. The highest BCUT2D eigenvalue weighted by Crippen LogP contribution is 1.70. The van der Waals surface area contributed by atoms with Gasteiger partial charge in [-0.15, -0.1) is 0 Å². The Balaban J connectivity index is 0. The van der Waals surface area contributed by atoms with E-state index in [0.717, 1.165) is 0 Å². The van der Waals surface area contributed by atoms with Gasteiger partial charge in [0, 0.05) is 25.2 Å². The Bertz CT molecular complexity index is 183. The van der Waals surface area contributed by atoms with Crippen LogP contribution in [0.15, 0.2) is 12.2 Å². The van der Waals surface area contributed by atoms with Crippen molar-refractivity contribution in [3.8, 4) is 0 Å². The third-order valence-electron chi connectivity index (χ3n) is 0.946. The summed E-state index contributed by atoms with van der Waals surface area (Å²) in [5.74, 6) is -2.51. The van der Waals surface area contributed by atoms with Gasteiger partial charge in [-0.3, -0.25) is 0 Å². The fourth-order valence-electron chi connectivity index (χ4n) is 0.426. The lowest BCUT2D eigenvalue weighted by Gasteiger charge is -1.94. The van der Waals surface area contributed by atoms with Gasteiger partial charge >= 0.3 is 11.9 Å². The predicted molar refractivity (Wildman–Crippen MR) is 51.5 cm³/mol. The van der Waals surface area contributed by atoms with Crippen LogP contribution in [0.1, 0.15) is 0 Å². The van der Waals surface area contributed by atoms with Gasteiger partial charge in [0.25, 0.3) is 0 Å². The molecule has 0 amide bonds. The number of nitrogens with one attached hydrogen (secondary N) is 1. The van der Waals surface area contributed by atoms with E-state index in [0.29, 0.717) is 25.2 Å². The molecule has 5 N–H and O–H groups in total. The fourth-order valence-corrected chi connectivity index (χ4v) is 0.426. The molecule has 0 radical (unpaired) electrons. The van der Waals surface area contributed by atoms with Gasteiger partial charge in [-0.2, -0.15) is 0 Å². The van der Waals surface area contributed by atoms with Crippen molar-refractivity contribution in [1.29, 1.82) is 0 Å². The van der Waals surface area contributed by atoms with Gasteiger partial charge in [-0.1, -0.05) is 0 Å². The normalized spacial score (nSPS) is 9.47. The molecule has 88 valence electrons. The van der Waals surface area contributed by atoms with E-state index in [-0.39, 0.29) is 13.2 Å². The first-order chi connectivity index (χ1) is 7.04. The highest BCUT2D eigenvalue weighted by Gasteiger charge is 1.88. The van der Waals surface area contributed by atoms with Crippen molar-refractivity contribution < 1.29 is 30.0 Å². The third kappa shape index (κ3) is 24.5. The first kappa shape index (κ1) is 16.0. The second-order valence-electron chi connectivity index (χ2n) is 2.21. The number of aliphatic hydroxyl groups is 2. The van der Waals surface area contributed by atoms with Crippen LogP contribution in [0.4, 0.5) is 0 Å². The molecule has 7 heteroatoms. The average Bonchev–Trinajstić information content (AvgIpc) is 2.17. The van der Waals surface area contributed by atoms with E-state index < -0.39 is 11.9 Å². The molecule has 0 aliphatic heterocycles. The summed E-state index contributed by atoms with van der Waals surface area (Å²) in [6.07, 6.45) is 1.12. The molecule has 0 spiro atoms. The number of hydrogen-bond donors (Lipinski definition) is 5. The number of rotatable bonds is 6. The molecule has 0 aliphatic carbocycles. The van der Waals surface area contributed by atoms with Crippen LogP contribution in [0.25, 0.3) is 0 Å². The van der Waals surface area contributed by atoms with Gasteiger partial charge in [0.15, 0.2) is 0 Å². The quantitative estimate of drug-likeness (QED) is 0.266. The van der Waals surface area contributed by atoms with Gasteiger partial charge in [-0.05, 0) is 0 Å². The average molecular weight is 221 g/mol. The Morgan fingerprint density at radius 3 is 1.47 bits per heavy atom. The SMILES string of the molecule is O=C(O)/C=C\C(=O)O.OCCNCCO. The van der Waals surface area contributed by atoms with E-state index in [1.807, 2.05) is 0 Å². The summed E-state index contributed by atoms with van der Waals surface area (Å²) in [7, 11) is 0. The highest BCUT2D eigenvalue weighted by atomic mass is 16.4. The lowest BCUT2D eigenvalue weighted by atomic mass is 10.5. The Morgan fingerprint density at radius 2 is 1.27 bits per heavy atom. The molecule has 0 saturated heterocycles. The zero-order valence-electron chi connectivity index (χ0n) is 8.09. The van der Waals surface area contributed by atoms with E-state index in [9.17, 15) is 9.59 Å². The van der Waals surface area contributed by atoms with Gasteiger partial charge in [0.2, 0.25) is 0 Å². The maximum Gasteiger partial charge on any atom is 0.328 e. The molecule has 0 aromatic rings. The molecule has 15 heavy (non-hydrogen) atoms. The summed E-state index contributed by atoms with van der Waals surface area (Å²) in [5, 5.41) is 34.7. The lowest BCUT2D eigenvalue weighted by molar-refractivity contribution is -0.134. The summed E-state index contributed by atoms with van der Waals surface area (Å²) in [5.41, 5.74) is 0. The van der Waals surface area contributed by atoms with Crippen LogP contribution in [0.2, 0.25) is 0 Å². The van der Waals surface area contributed by atoms with Crippen molar-refractivity contribution in [3.63, 3.8) is 0 Å². The topological polar surface area (TPSA) is 127 Å². The van der Waals surface area contributed by atoms with Crippen LogP contribution in [0.3, 0.4) is 0 Å². The Kier molecular flexibility index (Phi) is 13.4. The molecule has 0 saturated carbocycles.